The van der Waals surface area contributed by atoms with Gasteiger partial charge in [-0.25, -0.2) is 0 Å². The first-order chi connectivity index (χ1) is 13.2. The number of carbonyl (C=O) groups excluding carboxylic acids is 2. The number of carbonyl (C=O) groups is 2. The number of amides is 2. The Morgan fingerprint density at radius 1 is 1.19 bits per heavy atom. The molecular formula is C22H32N2O3. The molecule has 0 aromatic heterocycles. The first kappa shape index (κ1) is 19.9. The van der Waals surface area contributed by atoms with Gasteiger partial charge in [-0.2, -0.15) is 0 Å². The molecule has 0 bridgehead atoms. The summed E-state index contributed by atoms with van der Waals surface area (Å²) in [4.78, 5) is 29.5. The lowest BCUT2D eigenvalue weighted by Crippen LogP contribution is -2.48. The Morgan fingerprint density at radius 3 is 2.70 bits per heavy atom. The summed E-state index contributed by atoms with van der Waals surface area (Å²) in [6.45, 7) is 5.42. The van der Waals surface area contributed by atoms with Crippen molar-refractivity contribution in [3.05, 3.63) is 35.9 Å². The molecule has 148 valence electrons. The molecule has 1 aromatic carbocycles. The van der Waals surface area contributed by atoms with Crippen LogP contribution in [0.3, 0.4) is 0 Å². The third kappa shape index (κ3) is 5.55. The van der Waals surface area contributed by atoms with E-state index in [0.29, 0.717) is 26.1 Å². The minimum absolute atomic E-state index is 0.0929. The molecule has 2 saturated heterocycles. The van der Waals surface area contributed by atoms with Gasteiger partial charge in [-0.1, -0.05) is 37.3 Å². The molecule has 2 heterocycles. The molecule has 2 amide bonds. The summed E-state index contributed by atoms with van der Waals surface area (Å²) in [5.41, 5.74) is 1.14. The first-order valence-corrected chi connectivity index (χ1v) is 10.4. The highest BCUT2D eigenvalue weighted by Gasteiger charge is 2.32. The van der Waals surface area contributed by atoms with Crippen LogP contribution in [0.2, 0.25) is 0 Å². The SMILES string of the molecule is CCCC(=O)N1CCCC(C(=O)N(Cc2ccccc2)CC2CCCO2)C1. The van der Waals surface area contributed by atoms with E-state index < -0.39 is 0 Å². The van der Waals surface area contributed by atoms with E-state index in [2.05, 4.69) is 12.1 Å². The molecule has 27 heavy (non-hydrogen) atoms. The van der Waals surface area contributed by atoms with E-state index >= 15 is 0 Å². The van der Waals surface area contributed by atoms with Crippen LogP contribution in [0.25, 0.3) is 0 Å². The number of likely N-dealkylation sites (tertiary alicyclic amines) is 1. The fourth-order valence-electron chi connectivity index (χ4n) is 4.11. The molecule has 0 N–H and O–H groups in total. The number of hydrogen-bond donors (Lipinski definition) is 0. The zero-order chi connectivity index (χ0) is 19.1. The third-order valence-electron chi connectivity index (χ3n) is 5.56. The van der Waals surface area contributed by atoms with Crippen LogP contribution in [0.4, 0.5) is 0 Å². The van der Waals surface area contributed by atoms with Crippen molar-refractivity contribution in [3.63, 3.8) is 0 Å². The maximum atomic E-state index is 13.3. The topological polar surface area (TPSA) is 49.9 Å². The van der Waals surface area contributed by atoms with Crippen molar-refractivity contribution in [1.82, 2.24) is 9.80 Å². The quantitative estimate of drug-likeness (QED) is 0.738. The Labute approximate surface area is 162 Å². The van der Waals surface area contributed by atoms with Gasteiger partial charge in [0.25, 0.3) is 0 Å². The van der Waals surface area contributed by atoms with Crippen molar-refractivity contribution >= 4 is 11.8 Å². The second kappa shape index (κ2) is 9.88. The standard InChI is InChI=1S/C22H32N2O3/c1-2-8-21(25)23-13-6-11-19(16-23)22(26)24(17-20-12-7-14-27-20)15-18-9-4-3-5-10-18/h3-5,9-10,19-20H,2,6-8,11-17H2,1H3. The maximum Gasteiger partial charge on any atom is 0.227 e. The molecule has 5 nitrogen and oxygen atoms in total. The average Bonchev–Trinajstić information content (AvgIpc) is 3.21. The number of piperidine rings is 1. The molecule has 2 atom stereocenters. The van der Waals surface area contributed by atoms with Crippen LogP contribution in [0.1, 0.15) is 51.0 Å². The molecule has 2 fully saturated rings. The van der Waals surface area contributed by atoms with E-state index in [0.717, 1.165) is 50.8 Å². The van der Waals surface area contributed by atoms with E-state index in [1.54, 1.807) is 0 Å². The van der Waals surface area contributed by atoms with Crippen LogP contribution in [-0.2, 0) is 20.9 Å². The Balaban J connectivity index is 1.68. The predicted octanol–water partition coefficient (Wildman–Crippen LogP) is 3.23. The summed E-state index contributed by atoms with van der Waals surface area (Å²) in [5.74, 6) is 0.261. The lowest BCUT2D eigenvalue weighted by atomic mass is 9.95. The zero-order valence-corrected chi connectivity index (χ0v) is 16.4. The van der Waals surface area contributed by atoms with Gasteiger partial charge in [0.2, 0.25) is 11.8 Å². The van der Waals surface area contributed by atoms with Crippen LogP contribution >= 0.6 is 0 Å². The minimum Gasteiger partial charge on any atom is -0.376 e. The van der Waals surface area contributed by atoms with Crippen LogP contribution < -0.4 is 0 Å². The van der Waals surface area contributed by atoms with Crippen molar-refractivity contribution in [2.45, 2.75) is 58.1 Å². The van der Waals surface area contributed by atoms with E-state index in [-0.39, 0.29) is 23.8 Å². The molecule has 0 saturated carbocycles. The molecule has 0 aliphatic carbocycles. The van der Waals surface area contributed by atoms with Gasteiger partial charge in [-0.05, 0) is 37.7 Å². The summed E-state index contributed by atoms with van der Waals surface area (Å²) in [5, 5.41) is 0. The van der Waals surface area contributed by atoms with Gasteiger partial charge in [-0.15, -0.1) is 0 Å². The highest BCUT2D eigenvalue weighted by molar-refractivity contribution is 5.81. The lowest BCUT2D eigenvalue weighted by molar-refractivity contribution is -0.142. The highest BCUT2D eigenvalue weighted by Crippen LogP contribution is 2.23. The van der Waals surface area contributed by atoms with Gasteiger partial charge in [0.1, 0.15) is 0 Å². The Morgan fingerprint density at radius 2 is 2.00 bits per heavy atom. The van der Waals surface area contributed by atoms with Gasteiger partial charge in [0, 0.05) is 39.2 Å². The fourth-order valence-corrected chi connectivity index (χ4v) is 4.11. The molecule has 3 rings (SSSR count). The smallest absolute Gasteiger partial charge is 0.227 e. The van der Waals surface area contributed by atoms with E-state index in [1.807, 2.05) is 34.9 Å². The predicted molar refractivity (Wildman–Crippen MR) is 105 cm³/mol. The zero-order valence-electron chi connectivity index (χ0n) is 16.4. The Hall–Kier alpha value is -1.88. The average molecular weight is 373 g/mol. The molecular weight excluding hydrogens is 340 g/mol. The number of benzene rings is 1. The molecule has 2 unspecified atom stereocenters. The van der Waals surface area contributed by atoms with Crippen molar-refractivity contribution in [2.75, 3.05) is 26.2 Å². The van der Waals surface area contributed by atoms with Crippen molar-refractivity contribution < 1.29 is 14.3 Å². The summed E-state index contributed by atoms with van der Waals surface area (Å²) in [6, 6.07) is 10.1. The van der Waals surface area contributed by atoms with Crippen molar-refractivity contribution in [3.8, 4) is 0 Å². The maximum absolute atomic E-state index is 13.3. The molecule has 0 radical (unpaired) electrons. The second-order valence-electron chi connectivity index (χ2n) is 7.77. The highest BCUT2D eigenvalue weighted by atomic mass is 16.5. The Bertz CT molecular complexity index is 613. The van der Waals surface area contributed by atoms with Crippen LogP contribution in [0.15, 0.2) is 30.3 Å². The van der Waals surface area contributed by atoms with Crippen LogP contribution in [-0.4, -0.2) is 54.0 Å². The van der Waals surface area contributed by atoms with Crippen LogP contribution in [0, 0.1) is 5.92 Å². The molecule has 5 heteroatoms. The van der Waals surface area contributed by atoms with Crippen molar-refractivity contribution in [1.29, 1.82) is 0 Å². The summed E-state index contributed by atoms with van der Waals surface area (Å²) < 4.78 is 5.79. The first-order valence-electron chi connectivity index (χ1n) is 10.4. The van der Waals surface area contributed by atoms with Gasteiger partial charge in [0.05, 0.1) is 12.0 Å². The summed E-state index contributed by atoms with van der Waals surface area (Å²) in [7, 11) is 0. The van der Waals surface area contributed by atoms with Gasteiger partial charge < -0.3 is 14.5 Å². The number of ether oxygens (including phenoxy) is 1. The normalized spacial score (nSPS) is 22.6. The minimum atomic E-state index is -0.0929. The molecule has 1 aromatic rings. The number of hydrogen-bond acceptors (Lipinski definition) is 3. The van der Waals surface area contributed by atoms with E-state index in [9.17, 15) is 9.59 Å². The van der Waals surface area contributed by atoms with Gasteiger partial charge in [-0.3, -0.25) is 9.59 Å². The van der Waals surface area contributed by atoms with Gasteiger partial charge in [0.15, 0.2) is 0 Å². The molecule has 2 aliphatic heterocycles. The monoisotopic (exact) mass is 372 g/mol. The lowest BCUT2D eigenvalue weighted by Gasteiger charge is -2.36. The molecule has 0 spiro atoms. The summed E-state index contributed by atoms with van der Waals surface area (Å²) in [6.07, 6.45) is 5.43. The number of rotatable bonds is 7. The largest absolute Gasteiger partial charge is 0.376 e. The van der Waals surface area contributed by atoms with Gasteiger partial charge >= 0.3 is 0 Å². The third-order valence-corrected chi connectivity index (χ3v) is 5.56. The van der Waals surface area contributed by atoms with E-state index in [1.165, 1.54) is 0 Å². The van der Waals surface area contributed by atoms with Crippen LogP contribution in [0.5, 0.6) is 0 Å². The second-order valence-corrected chi connectivity index (χ2v) is 7.77. The Kier molecular flexibility index (Phi) is 7.27. The fraction of sp³-hybridized carbons (Fsp3) is 0.636. The van der Waals surface area contributed by atoms with E-state index in [4.69, 9.17) is 4.74 Å². The molecule has 2 aliphatic rings. The summed E-state index contributed by atoms with van der Waals surface area (Å²) >= 11 is 0. The number of nitrogens with zero attached hydrogens (tertiary/aromatic N) is 2. The van der Waals surface area contributed by atoms with Crippen molar-refractivity contribution in [2.24, 2.45) is 5.92 Å².